The average Bonchev–Trinajstić information content (AvgIpc) is 3.86. The Morgan fingerprint density at radius 3 is 1.73 bits per heavy atom. The molecule has 0 atom stereocenters. The molecule has 0 amide bonds. The summed E-state index contributed by atoms with van der Waals surface area (Å²) >= 11 is 0. The van der Waals surface area contributed by atoms with Crippen LogP contribution in [0.3, 0.4) is 0 Å². The van der Waals surface area contributed by atoms with Crippen molar-refractivity contribution in [3.8, 4) is 50.2 Å². The summed E-state index contributed by atoms with van der Waals surface area (Å²) in [7, 11) is 0. The molecule has 296 valence electrons. The van der Waals surface area contributed by atoms with Crippen LogP contribution in [-0.2, 0) is 10.8 Å². The van der Waals surface area contributed by atoms with Crippen molar-refractivity contribution in [2.45, 2.75) is 38.5 Å². The second kappa shape index (κ2) is 13.5. The van der Waals surface area contributed by atoms with E-state index in [1.165, 1.54) is 88.6 Å². The molecule has 1 heterocycles. The number of aromatic nitrogens is 1. The van der Waals surface area contributed by atoms with Gasteiger partial charge in [0.2, 0.25) is 0 Å². The molecule has 62 heavy (non-hydrogen) atoms. The van der Waals surface area contributed by atoms with Crippen LogP contribution < -0.4 is 4.90 Å². The first-order valence-electron chi connectivity index (χ1n) is 21.9. The number of rotatable bonds is 6. The van der Waals surface area contributed by atoms with Gasteiger partial charge >= 0.3 is 0 Å². The molecule has 2 heteroatoms. The molecule has 0 fully saturated rings. The van der Waals surface area contributed by atoms with Crippen molar-refractivity contribution in [3.63, 3.8) is 0 Å². The van der Waals surface area contributed by atoms with Crippen molar-refractivity contribution in [2.24, 2.45) is 0 Å². The van der Waals surface area contributed by atoms with Gasteiger partial charge in [0.05, 0.1) is 16.7 Å². The Bertz CT molecular complexity index is 3400. The molecule has 0 spiro atoms. The van der Waals surface area contributed by atoms with Crippen LogP contribution in [0.4, 0.5) is 17.1 Å². The molecule has 2 aliphatic rings. The van der Waals surface area contributed by atoms with Crippen molar-refractivity contribution in [3.05, 3.63) is 229 Å². The summed E-state index contributed by atoms with van der Waals surface area (Å²) in [5.74, 6) is 0. The summed E-state index contributed by atoms with van der Waals surface area (Å²) in [5.41, 5.74) is 22.5. The Balaban J connectivity index is 1.06. The third-order valence-corrected chi connectivity index (χ3v) is 14.0. The number of nitrogens with zero attached hydrogens (tertiary/aromatic N) is 2. The van der Waals surface area contributed by atoms with Crippen LogP contribution in [0.1, 0.15) is 49.9 Å². The van der Waals surface area contributed by atoms with Crippen molar-refractivity contribution in [1.82, 2.24) is 4.57 Å². The van der Waals surface area contributed by atoms with E-state index in [0.29, 0.717) is 0 Å². The van der Waals surface area contributed by atoms with Crippen molar-refractivity contribution in [2.75, 3.05) is 4.90 Å². The van der Waals surface area contributed by atoms with Gasteiger partial charge in [-0.15, -0.1) is 0 Å². The van der Waals surface area contributed by atoms with Crippen LogP contribution in [0.2, 0.25) is 0 Å². The third-order valence-electron chi connectivity index (χ3n) is 14.0. The monoisotopic (exact) mass is 794 g/mol. The molecule has 2 aliphatic carbocycles. The molecule has 10 aromatic rings. The molecule has 0 aliphatic heterocycles. The molecule has 1 aromatic heterocycles. The van der Waals surface area contributed by atoms with Gasteiger partial charge in [-0.1, -0.05) is 179 Å². The van der Waals surface area contributed by atoms with Gasteiger partial charge in [0.1, 0.15) is 0 Å². The highest BCUT2D eigenvalue weighted by Crippen LogP contribution is 2.54. The SMILES string of the molecule is CC1(C)c2ccccc2-c2ccc(-c3ccc(N(c4ccc5c6ccccc6n(-c6ccccc6)c5c4)c4ccccc4-c4cccc5c4-c4ccccc4C5(C)C)cc3)cc21. The highest BCUT2D eigenvalue weighted by Gasteiger charge is 2.38. The topological polar surface area (TPSA) is 8.17 Å². The van der Waals surface area contributed by atoms with Crippen molar-refractivity contribution >= 4 is 38.9 Å². The van der Waals surface area contributed by atoms with Crippen LogP contribution in [0, 0.1) is 0 Å². The number of anilines is 3. The Morgan fingerprint density at radius 2 is 0.919 bits per heavy atom. The van der Waals surface area contributed by atoms with Gasteiger partial charge in [-0.25, -0.2) is 0 Å². The molecule has 12 rings (SSSR count). The second-order valence-electron chi connectivity index (χ2n) is 18.1. The van der Waals surface area contributed by atoms with E-state index < -0.39 is 0 Å². The number of para-hydroxylation sites is 3. The molecule has 0 bridgehead atoms. The second-order valence-corrected chi connectivity index (χ2v) is 18.1. The van der Waals surface area contributed by atoms with Gasteiger partial charge in [0.15, 0.2) is 0 Å². The maximum atomic E-state index is 2.47. The maximum absolute atomic E-state index is 2.47. The first kappa shape index (κ1) is 36.4. The molecular formula is C60H46N2. The summed E-state index contributed by atoms with van der Waals surface area (Å²) in [6.45, 7) is 9.44. The normalized spacial score (nSPS) is 14.1. The summed E-state index contributed by atoms with van der Waals surface area (Å²) in [5, 5.41) is 2.48. The van der Waals surface area contributed by atoms with E-state index in [-0.39, 0.29) is 10.8 Å². The molecule has 0 N–H and O–H groups in total. The zero-order valence-electron chi connectivity index (χ0n) is 35.5. The third kappa shape index (κ3) is 5.29. The molecular weight excluding hydrogens is 749 g/mol. The summed E-state index contributed by atoms with van der Waals surface area (Å²) in [6.07, 6.45) is 0. The summed E-state index contributed by atoms with van der Waals surface area (Å²) < 4.78 is 2.41. The molecule has 0 unspecified atom stereocenters. The summed E-state index contributed by atoms with van der Waals surface area (Å²) in [4.78, 5) is 2.47. The van der Waals surface area contributed by atoms with Gasteiger partial charge in [0.25, 0.3) is 0 Å². The summed E-state index contributed by atoms with van der Waals surface area (Å²) in [6, 6.07) is 76.6. The lowest BCUT2D eigenvalue weighted by Gasteiger charge is -2.29. The highest BCUT2D eigenvalue weighted by molar-refractivity contribution is 6.10. The minimum Gasteiger partial charge on any atom is -0.310 e. The Labute approximate surface area is 364 Å². The lowest BCUT2D eigenvalue weighted by atomic mass is 9.81. The molecule has 0 radical (unpaired) electrons. The molecule has 2 nitrogen and oxygen atoms in total. The quantitative estimate of drug-likeness (QED) is 0.163. The Morgan fingerprint density at radius 1 is 0.355 bits per heavy atom. The Hall–Kier alpha value is -7.42. The van der Waals surface area contributed by atoms with Gasteiger partial charge < -0.3 is 9.47 Å². The van der Waals surface area contributed by atoms with Crippen molar-refractivity contribution in [1.29, 1.82) is 0 Å². The van der Waals surface area contributed by atoms with Crippen LogP contribution in [-0.4, -0.2) is 4.57 Å². The first-order valence-corrected chi connectivity index (χ1v) is 21.9. The van der Waals surface area contributed by atoms with E-state index >= 15 is 0 Å². The lowest BCUT2D eigenvalue weighted by molar-refractivity contribution is 0.660. The smallest absolute Gasteiger partial charge is 0.0561 e. The van der Waals surface area contributed by atoms with E-state index in [4.69, 9.17) is 0 Å². The van der Waals surface area contributed by atoms with E-state index in [0.717, 1.165) is 22.7 Å². The standard InChI is InChI=1S/C60H46N2/c1-59(2)52-25-13-9-22-50(52)58-49(23-16-26-53(58)59)47-21-11-14-27-55(47)61(43-34-36-48-46-20-10-15-28-56(46)62(57(48)38-43)41-17-6-5-7-18-41)42-32-29-39(30-33-42)40-31-35-45-44-19-8-12-24-51(44)60(3,4)54(45)37-40/h5-38H,1-4H3. The minimum atomic E-state index is -0.0994. The fraction of sp³-hybridized carbons (Fsp3) is 0.100. The zero-order valence-corrected chi connectivity index (χ0v) is 35.5. The molecule has 0 saturated heterocycles. The molecule has 0 saturated carbocycles. The fourth-order valence-corrected chi connectivity index (χ4v) is 10.9. The molecule has 9 aromatic carbocycles. The predicted molar refractivity (Wildman–Crippen MR) is 261 cm³/mol. The van der Waals surface area contributed by atoms with E-state index in [9.17, 15) is 0 Å². The number of fused-ring (bicyclic) bond motifs is 9. The fourth-order valence-electron chi connectivity index (χ4n) is 10.9. The van der Waals surface area contributed by atoms with E-state index in [1.807, 2.05) is 0 Å². The van der Waals surface area contributed by atoms with E-state index in [2.05, 4.69) is 243 Å². The Kier molecular flexibility index (Phi) is 7.96. The highest BCUT2D eigenvalue weighted by atomic mass is 15.1. The largest absolute Gasteiger partial charge is 0.310 e. The van der Waals surface area contributed by atoms with Crippen LogP contribution >= 0.6 is 0 Å². The number of hydrogen-bond acceptors (Lipinski definition) is 1. The minimum absolute atomic E-state index is 0.0589. The van der Waals surface area contributed by atoms with Crippen LogP contribution in [0.15, 0.2) is 206 Å². The lowest BCUT2D eigenvalue weighted by Crippen LogP contribution is -2.15. The number of hydrogen-bond donors (Lipinski definition) is 0. The van der Waals surface area contributed by atoms with Gasteiger partial charge in [0, 0.05) is 44.2 Å². The van der Waals surface area contributed by atoms with Crippen LogP contribution in [0.5, 0.6) is 0 Å². The number of benzene rings is 9. The predicted octanol–water partition coefficient (Wildman–Crippen LogP) is 16.2. The zero-order chi connectivity index (χ0) is 41.7. The maximum Gasteiger partial charge on any atom is 0.0561 e. The first-order chi connectivity index (χ1) is 30.3. The average molecular weight is 795 g/mol. The van der Waals surface area contributed by atoms with Crippen LogP contribution in [0.25, 0.3) is 72.0 Å². The van der Waals surface area contributed by atoms with Gasteiger partial charge in [-0.2, -0.15) is 0 Å². The van der Waals surface area contributed by atoms with Gasteiger partial charge in [-0.3, -0.25) is 0 Å². The van der Waals surface area contributed by atoms with E-state index in [1.54, 1.807) is 0 Å². The van der Waals surface area contributed by atoms with Crippen molar-refractivity contribution < 1.29 is 0 Å². The van der Waals surface area contributed by atoms with Gasteiger partial charge in [-0.05, 0) is 116 Å².